The van der Waals surface area contributed by atoms with Crippen LogP contribution in [-0.2, 0) is 11.8 Å². The number of rotatable bonds is 6. The summed E-state index contributed by atoms with van der Waals surface area (Å²) in [6, 6.07) is 6.38. The fraction of sp³-hybridized carbons (Fsp3) is 0.500. The summed E-state index contributed by atoms with van der Waals surface area (Å²) in [6.45, 7) is 0.407. The summed E-state index contributed by atoms with van der Waals surface area (Å²) in [5.41, 5.74) is 0.239. The molecule has 2 aromatic rings. The number of nitrogens with zero attached hydrogens (tertiary/aromatic N) is 3. The van der Waals surface area contributed by atoms with Crippen molar-refractivity contribution < 1.29 is 18.0 Å². The van der Waals surface area contributed by atoms with E-state index in [0.717, 1.165) is 29.5 Å². The van der Waals surface area contributed by atoms with Crippen LogP contribution in [0.15, 0.2) is 34.2 Å². The number of hydrogen-bond acceptors (Lipinski definition) is 4. The van der Waals surface area contributed by atoms with Crippen LogP contribution < -0.4 is 5.56 Å². The molecular weight excluding hydrogens is 379 g/mol. The molecule has 1 saturated carbocycles. The van der Waals surface area contributed by atoms with E-state index in [0.29, 0.717) is 16.1 Å². The van der Waals surface area contributed by atoms with Gasteiger partial charge in [0.05, 0.1) is 16.7 Å². The number of benzene rings is 1. The van der Waals surface area contributed by atoms with Crippen LogP contribution in [0.3, 0.4) is 0 Å². The Morgan fingerprint density at radius 1 is 1.37 bits per heavy atom. The third-order valence-electron chi connectivity index (χ3n) is 4.73. The minimum atomic E-state index is -4.45. The maximum atomic E-state index is 12.9. The van der Waals surface area contributed by atoms with Gasteiger partial charge in [-0.2, -0.15) is 13.2 Å². The average Bonchev–Trinajstić information content (AvgIpc) is 3.45. The zero-order valence-corrected chi connectivity index (χ0v) is 15.8. The van der Waals surface area contributed by atoms with E-state index in [1.54, 1.807) is 31.2 Å². The monoisotopic (exact) mass is 399 g/mol. The maximum absolute atomic E-state index is 12.9. The number of carbonyl (C=O) groups excluding carboxylic acids is 1. The molecule has 3 rings (SSSR count). The molecule has 0 radical (unpaired) electrons. The van der Waals surface area contributed by atoms with E-state index in [1.165, 1.54) is 11.6 Å². The number of halogens is 3. The molecule has 1 fully saturated rings. The molecule has 0 bridgehead atoms. The van der Waals surface area contributed by atoms with Gasteiger partial charge in [0.1, 0.15) is 6.54 Å². The fourth-order valence-corrected chi connectivity index (χ4v) is 3.88. The van der Waals surface area contributed by atoms with E-state index in [9.17, 15) is 22.8 Å². The van der Waals surface area contributed by atoms with Gasteiger partial charge < -0.3 is 4.90 Å². The molecule has 1 aromatic carbocycles. The molecule has 1 unspecified atom stereocenters. The predicted octanol–water partition coefficient (Wildman–Crippen LogP) is 3.22. The molecule has 0 N–H and O–H groups in total. The first-order valence-electron chi connectivity index (χ1n) is 8.62. The van der Waals surface area contributed by atoms with Gasteiger partial charge >= 0.3 is 6.18 Å². The third-order valence-corrected chi connectivity index (χ3v) is 5.75. The highest BCUT2D eigenvalue weighted by atomic mass is 32.2. The molecule has 1 atom stereocenters. The Balaban J connectivity index is 1.78. The van der Waals surface area contributed by atoms with Crippen LogP contribution in [0.25, 0.3) is 10.9 Å². The summed E-state index contributed by atoms with van der Waals surface area (Å²) in [6.07, 6.45) is -2.76. The number of carbonyl (C=O) groups is 1. The first-order valence-corrected chi connectivity index (χ1v) is 9.60. The van der Waals surface area contributed by atoms with Crippen molar-refractivity contribution in [2.24, 2.45) is 13.0 Å². The molecule has 9 heteroatoms. The van der Waals surface area contributed by atoms with Gasteiger partial charge in [0, 0.05) is 13.1 Å². The fourth-order valence-electron chi connectivity index (χ4n) is 3.02. The van der Waals surface area contributed by atoms with Gasteiger partial charge in [0.2, 0.25) is 5.91 Å². The number of para-hydroxylation sites is 1. The minimum absolute atomic E-state index is 0.129. The van der Waals surface area contributed by atoms with Gasteiger partial charge in [-0.25, -0.2) is 4.98 Å². The zero-order valence-electron chi connectivity index (χ0n) is 15.0. The number of thioether (sulfide) groups is 1. The molecule has 0 spiro atoms. The summed E-state index contributed by atoms with van der Waals surface area (Å²) in [4.78, 5) is 30.2. The highest BCUT2D eigenvalue weighted by Gasteiger charge is 2.40. The predicted molar refractivity (Wildman–Crippen MR) is 97.7 cm³/mol. The SMILES string of the molecule is CC(C1CC1)N(CC(F)(F)F)C(=O)CSc1nc2ccccc2c(=O)n1C. The van der Waals surface area contributed by atoms with Crippen LogP contribution in [0.1, 0.15) is 19.8 Å². The molecule has 146 valence electrons. The van der Waals surface area contributed by atoms with Crippen molar-refractivity contribution in [2.75, 3.05) is 12.3 Å². The second-order valence-corrected chi connectivity index (χ2v) is 7.72. The summed E-state index contributed by atoms with van der Waals surface area (Å²) in [5, 5.41) is 0.759. The molecule has 1 aliphatic rings. The van der Waals surface area contributed by atoms with Crippen molar-refractivity contribution >= 4 is 28.6 Å². The third kappa shape index (κ3) is 4.63. The lowest BCUT2D eigenvalue weighted by atomic mass is 10.2. The Morgan fingerprint density at radius 3 is 2.67 bits per heavy atom. The quantitative estimate of drug-likeness (QED) is 0.553. The Bertz CT molecular complexity index is 909. The van der Waals surface area contributed by atoms with Crippen molar-refractivity contribution in [3.63, 3.8) is 0 Å². The van der Waals surface area contributed by atoms with Gasteiger partial charge in [0.25, 0.3) is 5.56 Å². The molecule has 5 nitrogen and oxygen atoms in total. The van der Waals surface area contributed by atoms with Crippen LogP contribution in [0.4, 0.5) is 13.2 Å². The lowest BCUT2D eigenvalue weighted by Gasteiger charge is -2.30. The molecule has 1 aliphatic carbocycles. The normalized spacial score (nSPS) is 15.7. The van der Waals surface area contributed by atoms with E-state index >= 15 is 0 Å². The average molecular weight is 399 g/mol. The van der Waals surface area contributed by atoms with Crippen LogP contribution in [0, 0.1) is 5.92 Å². The van der Waals surface area contributed by atoms with Crippen LogP contribution in [0.5, 0.6) is 0 Å². The summed E-state index contributed by atoms with van der Waals surface area (Å²) >= 11 is 0.981. The summed E-state index contributed by atoms with van der Waals surface area (Å²) in [5.74, 6) is -0.672. The Morgan fingerprint density at radius 2 is 2.04 bits per heavy atom. The first kappa shape index (κ1) is 19.7. The van der Waals surface area contributed by atoms with Gasteiger partial charge in [-0.1, -0.05) is 23.9 Å². The largest absolute Gasteiger partial charge is 0.406 e. The Hall–Kier alpha value is -2.03. The summed E-state index contributed by atoms with van der Waals surface area (Å²) in [7, 11) is 1.54. The maximum Gasteiger partial charge on any atom is 0.406 e. The summed E-state index contributed by atoms with van der Waals surface area (Å²) < 4.78 is 40.0. The second kappa shape index (κ2) is 7.53. The van der Waals surface area contributed by atoms with E-state index in [-0.39, 0.29) is 17.2 Å². The number of hydrogen-bond donors (Lipinski definition) is 0. The van der Waals surface area contributed by atoms with E-state index in [4.69, 9.17) is 0 Å². The molecule has 27 heavy (non-hydrogen) atoms. The zero-order chi connectivity index (χ0) is 19.8. The first-order chi connectivity index (χ1) is 12.7. The standard InChI is InChI=1S/C18H20F3N3O2S/c1-11(12-7-8-12)24(10-18(19,20)21)15(25)9-27-17-22-14-6-4-3-5-13(14)16(26)23(17)2/h3-6,11-12H,7-10H2,1-2H3. The van der Waals surface area contributed by atoms with Crippen LogP contribution in [-0.4, -0.2) is 44.9 Å². The Kier molecular flexibility index (Phi) is 5.50. The lowest BCUT2D eigenvalue weighted by Crippen LogP contribution is -2.46. The van der Waals surface area contributed by atoms with Crippen molar-refractivity contribution in [3.8, 4) is 0 Å². The van der Waals surface area contributed by atoms with E-state index in [2.05, 4.69) is 4.98 Å². The smallest absolute Gasteiger partial charge is 0.330 e. The molecule has 0 saturated heterocycles. The molecule has 0 aliphatic heterocycles. The molecular formula is C18H20F3N3O2S. The van der Waals surface area contributed by atoms with E-state index in [1.807, 2.05) is 0 Å². The molecule has 1 aromatic heterocycles. The van der Waals surface area contributed by atoms with E-state index < -0.39 is 24.7 Å². The van der Waals surface area contributed by atoms with Crippen LogP contribution in [0.2, 0.25) is 0 Å². The van der Waals surface area contributed by atoms with Crippen molar-refractivity contribution in [3.05, 3.63) is 34.6 Å². The second-order valence-electron chi connectivity index (χ2n) is 6.78. The topological polar surface area (TPSA) is 55.2 Å². The van der Waals surface area contributed by atoms with Crippen molar-refractivity contribution in [2.45, 2.75) is 37.1 Å². The molecule has 1 heterocycles. The van der Waals surface area contributed by atoms with Gasteiger partial charge in [-0.3, -0.25) is 14.2 Å². The lowest BCUT2D eigenvalue weighted by molar-refractivity contribution is -0.164. The van der Waals surface area contributed by atoms with Crippen molar-refractivity contribution in [1.29, 1.82) is 0 Å². The van der Waals surface area contributed by atoms with Gasteiger partial charge in [-0.05, 0) is 37.8 Å². The number of alkyl halides is 3. The Labute approximate surface area is 158 Å². The highest BCUT2D eigenvalue weighted by Crippen LogP contribution is 2.36. The number of aromatic nitrogens is 2. The number of fused-ring (bicyclic) bond motifs is 1. The van der Waals surface area contributed by atoms with Gasteiger partial charge in [0.15, 0.2) is 5.16 Å². The van der Waals surface area contributed by atoms with Gasteiger partial charge in [-0.15, -0.1) is 0 Å². The van der Waals surface area contributed by atoms with Crippen LogP contribution >= 0.6 is 11.8 Å². The minimum Gasteiger partial charge on any atom is -0.330 e. The van der Waals surface area contributed by atoms with Crippen molar-refractivity contribution in [1.82, 2.24) is 14.5 Å². The molecule has 1 amide bonds. The number of amides is 1. The highest BCUT2D eigenvalue weighted by molar-refractivity contribution is 7.99.